The number of allylic oxidation sites excluding steroid dienone is 3. The van der Waals surface area contributed by atoms with E-state index in [0.717, 1.165) is 31.2 Å². The number of hydrogen-bond donors (Lipinski definition) is 1. The molecule has 1 aromatic rings. The lowest BCUT2D eigenvalue weighted by Gasteiger charge is -2.39. The molecule has 150 valence electrons. The van der Waals surface area contributed by atoms with Gasteiger partial charge in [0.1, 0.15) is 0 Å². The monoisotopic (exact) mass is 369 g/mol. The van der Waals surface area contributed by atoms with Gasteiger partial charge in [-0.3, -0.25) is 0 Å². The van der Waals surface area contributed by atoms with E-state index in [4.69, 9.17) is 5.11 Å². The van der Waals surface area contributed by atoms with Gasteiger partial charge in [-0.25, -0.2) is 0 Å². The second-order valence-electron chi connectivity index (χ2n) is 7.67. The highest BCUT2D eigenvalue weighted by Gasteiger charge is 2.36. The summed E-state index contributed by atoms with van der Waals surface area (Å²) in [7, 11) is 0. The third-order valence-electron chi connectivity index (χ3n) is 4.50. The maximum Gasteiger partial charge on any atom is 0.0719 e. The summed E-state index contributed by atoms with van der Waals surface area (Å²) >= 11 is 0. The number of benzene rings is 1. The maximum absolute atomic E-state index is 7.33. The number of nitrogens with zero attached hydrogens (tertiary/aromatic N) is 1. The highest BCUT2D eigenvalue weighted by molar-refractivity contribution is 5.34. The Morgan fingerprint density at radius 2 is 1.52 bits per heavy atom. The Bertz CT molecular complexity index is 613. The van der Waals surface area contributed by atoms with Crippen LogP contribution in [0.1, 0.15) is 59.1 Å². The Morgan fingerprint density at radius 3 is 1.89 bits per heavy atom. The third kappa shape index (κ3) is 8.34. The molecule has 27 heavy (non-hydrogen) atoms. The van der Waals surface area contributed by atoms with Gasteiger partial charge in [0.05, 0.1) is 6.26 Å². The number of hydrogen-bond acceptors (Lipinski definition) is 2. The first-order chi connectivity index (χ1) is 12.7. The molecule has 0 radical (unpaired) electrons. The lowest BCUT2D eigenvalue weighted by atomic mass is 9.98. The van der Waals surface area contributed by atoms with Gasteiger partial charge in [-0.2, -0.15) is 0 Å². The topological polar surface area (TPSA) is 23.5 Å². The van der Waals surface area contributed by atoms with Crippen molar-refractivity contribution in [1.29, 1.82) is 0 Å². The normalized spacial score (nSPS) is 16.5. The summed E-state index contributed by atoms with van der Waals surface area (Å²) in [5.74, 6) is 0. The first-order valence-electron chi connectivity index (χ1n) is 9.72. The Hall–Kier alpha value is -2.22. The third-order valence-corrected chi connectivity index (χ3v) is 4.50. The van der Waals surface area contributed by atoms with Gasteiger partial charge in [0.2, 0.25) is 0 Å². The predicted molar refractivity (Wildman–Crippen MR) is 121 cm³/mol. The molecule has 1 aliphatic rings. The van der Waals surface area contributed by atoms with Gasteiger partial charge in [0.15, 0.2) is 0 Å². The van der Waals surface area contributed by atoms with E-state index < -0.39 is 0 Å². The number of rotatable bonds is 3. The van der Waals surface area contributed by atoms with Crippen LogP contribution in [0, 0.1) is 0 Å². The van der Waals surface area contributed by atoms with E-state index in [-0.39, 0.29) is 5.54 Å². The van der Waals surface area contributed by atoms with Crippen molar-refractivity contribution in [2.75, 3.05) is 0 Å². The van der Waals surface area contributed by atoms with Gasteiger partial charge in [-0.15, -0.1) is 0 Å². The summed E-state index contributed by atoms with van der Waals surface area (Å²) in [6.07, 6.45) is 7.95. The van der Waals surface area contributed by atoms with Crippen molar-refractivity contribution >= 4 is 0 Å². The van der Waals surface area contributed by atoms with Crippen molar-refractivity contribution in [2.24, 2.45) is 0 Å². The molecule has 1 atom stereocenters. The number of aliphatic hydroxyl groups excluding tert-OH is 1. The standard InChI is InChI=1S/C19H27N.C4H8.C2H4O/c1-7-16-8-10-17(11-9-16)13-18-12-14(2)15(3)20(18)19(4,5)6;1-3-4-2;1-2-3/h8-11,18H,2-3,7,12-13H2,1,4-6H3;3-4H,1-2H3;2-3H,1H2/b;4-3-;/t18-;;/m0../s1. The molecule has 1 fully saturated rings. The molecule has 2 nitrogen and oxygen atoms in total. The Balaban J connectivity index is 0.000000836. The van der Waals surface area contributed by atoms with Gasteiger partial charge < -0.3 is 10.0 Å². The quantitative estimate of drug-likeness (QED) is 0.458. The number of likely N-dealkylation sites (tertiary alicyclic amines) is 1. The highest BCUT2D eigenvalue weighted by atomic mass is 16.2. The smallest absolute Gasteiger partial charge is 0.0719 e. The highest BCUT2D eigenvalue weighted by Crippen LogP contribution is 2.37. The van der Waals surface area contributed by atoms with Crippen LogP contribution in [0.2, 0.25) is 0 Å². The summed E-state index contributed by atoms with van der Waals surface area (Å²) in [6, 6.07) is 9.51. The average molecular weight is 370 g/mol. The second kappa shape index (κ2) is 12.2. The molecule has 1 heterocycles. The van der Waals surface area contributed by atoms with E-state index >= 15 is 0 Å². The molecule has 0 aromatic heterocycles. The lowest BCUT2D eigenvalue weighted by molar-refractivity contribution is 0.154. The molecule has 0 bridgehead atoms. The molecule has 0 spiro atoms. The fourth-order valence-corrected chi connectivity index (χ4v) is 3.18. The zero-order valence-corrected chi connectivity index (χ0v) is 18.3. The van der Waals surface area contributed by atoms with Crippen LogP contribution in [0.3, 0.4) is 0 Å². The minimum atomic E-state index is 0.102. The molecule has 0 aliphatic carbocycles. The van der Waals surface area contributed by atoms with E-state index in [1.54, 1.807) is 0 Å². The van der Waals surface area contributed by atoms with E-state index in [9.17, 15) is 0 Å². The van der Waals surface area contributed by atoms with Crippen LogP contribution in [-0.4, -0.2) is 21.6 Å². The van der Waals surface area contributed by atoms with Gasteiger partial charge in [0.25, 0.3) is 0 Å². The summed E-state index contributed by atoms with van der Waals surface area (Å²) in [6.45, 7) is 24.3. The number of aryl methyl sites for hydroxylation is 1. The zero-order chi connectivity index (χ0) is 21.0. The van der Waals surface area contributed by atoms with Crippen molar-refractivity contribution in [3.05, 3.63) is 84.8 Å². The molecule has 1 aliphatic heterocycles. The molecule has 0 saturated carbocycles. The minimum absolute atomic E-state index is 0.102. The van der Waals surface area contributed by atoms with E-state index in [1.807, 2.05) is 26.0 Å². The fraction of sp³-hybridized carbons (Fsp3) is 0.440. The molecule has 1 aromatic carbocycles. The summed E-state index contributed by atoms with van der Waals surface area (Å²) in [4.78, 5) is 2.45. The Kier molecular flexibility index (Phi) is 11.2. The predicted octanol–water partition coefficient (Wildman–Crippen LogP) is 7.00. The Morgan fingerprint density at radius 1 is 1.07 bits per heavy atom. The Labute approximate surface area is 167 Å². The second-order valence-corrected chi connectivity index (χ2v) is 7.67. The molecule has 0 amide bonds. The molecular formula is C25H39NO. The van der Waals surface area contributed by atoms with Crippen LogP contribution in [-0.2, 0) is 12.8 Å². The van der Waals surface area contributed by atoms with Crippen LogP contribution in [0.4, 0.5) is 0 Å². The molecular weight excluding hydrogens is 330 g/mol. The van der Waals surface area contributed by atoms with Gasteiger partial charge >= 0.3 is 0 Å². The van der Waals surface area contributed by atoms with Crippen molar-refractivity contribution in [3.63, 3.8) is 0 Å². The van der Waals surface area contributed by atoms with Crippen molar-refractivity contribution in [3.8, 4) is 0 Å². The van der Waals surface area contributed by atoms with Crippen LogP contribution in [0.5, 0.6) is 0 Å². The van der Waals surface area contributed by atoms with Crippen LogP contribution < -0.4 is 0 Å². The van der Waals surface area contributed by atoms with Gasteiger partial charge in [-0.05, 0) is 70.6 Å². The lowest BCUT2D eigenvalue weighted by Crippen LogP contribution is -2.44. The van der Waals surface area contributed by atoms with E-state index in [1.165, 1.54) is 16.7 Å². The number of aliphatic hydroxyl groups is 1. The summed E-state index contributed by atoms with van der Waals surface area (Å²) in [5.41, 5.74) is 5.22. The largest absolute Gasteiger partial charge is 0.516 e. The molecule has 2 rings (SSSR count). The fourth-order valence-electron chi connectivity index (χ4n) is 3.18. The van der Waals surface area contributed by atoms with Gasteiger partial charge in [-0.1, -0.05) is 63.1 Å². The first kappa shape index (κ1) is 24.8. The summed E-state index contributed by atoms with van der Waals surface area (Å²) < 4.78 is 0. The van der Waals surface area contributed by atoms with Crippen molar-refractivity contribution in [1.82, 2.24) is 4.90 Å². The van der Waals surface area contributed by atoms with Crippen LogP contribution in [0.25, 0.3) is 0 Å². The maximum atomic E-state index is 7.33. The molecule has 0 unspecified atom stereocenters. The minimum Gasteiger partial charge on any atom is -0.516 e. The van der Waals surface area contributed by atoms with E-state index in [2.05, 4.69) is 76.6 Å². The van der Waals surface area contributed by atoms with Crippen molar-refractivity contribution < 1.29 is 5.11 Å². The SMILES string of the molecule is C/C=C\C.C=C1C[C@@H](Cc2ccc(CC)cc2)N(C(C)(C)C)C1=C.C=CO. The average Bonchev–Trinajstić information content (AvgIpc) is 2.90. The van der Waals surface area contributed by atoms with E-state index in [0.29, 0.717) is 6.04 Å². The molecule has 2 heteroatoms. The zero-order valence-electron chi connectivity index (χ0n) is 18.3. The first-order valence-corrected chi connectivity index (χ1v) is 9.72. The van der Waals surface area contributed by atoms with Crippen molar-refractivity contribution in [2.45, 2.75) is 72.4 Å². The van der Waals surface area contributed by atoms with Crippen LogP contribution >= 0.6 is 0 Å². The van der Waals surface area contributed by atoms with Gasteiger partial charge in [0, 0.05) is 17.3 Å². The molecule has 1 saturated heterocycles. The molecule has 1 N–H and O–H groups in total. The van der Waals surface area contributed by atoms with Crippen LogP contribution in [0.15, 0.2) is 73.7 Å². The summed E-state index contributed by atoms with van der Waals surface area (Å²) in [5, 5.41) is 7.33.